The molecule has 0 saturated heterocycles. The first-order valence-electron chi connectivity index (χ1n) is 15.5. The van der Waals surface area contributed by atoms with Crippen molar-refractivity contribution in [2.75, 3.05) is 27.7 Å². The Labute approximate surface area is 292 Å². The van der Waals surface area contributed by atoms with Gasteiger partial charge in [-0.15, -0.1) is 0 Å². The van der Waals surface area contributed by atoms with E-state index in [2.05, 4.69) is 9.98 Å². The highest BCUT2D eigenvalue weighted by atomic mass is 32.2. The number of halogens is 2. The van der Waals surface area contributed by atoms with Gasteiger partial charge in [0.1, 0.15) is 18.5 Å². The lowest BCUT2D eigenvalue weighted by atomic mass is 10.1. The number of carbonyl (C=O) groups excluding carboxylic acids is 1. The molecule has 0 spiro atoms. The number of benzene rings is 4. The lowest BCUT2D eigenvalue weighted by molar-refractivity contribution is 0.0824. The van der Waals surface area contributed by atoms with E-state index in [4.69, 9.17) is 14.2 Å². The minimum Gasteiger partial charge on any atom is -0.485 e. The van der Waals surface area contributed by atoms with Gasteiger partial charge in [-0.1, -0.05) is 54.2 Å². The summed E-state index contributed by atoms with van der Waals surface area (Å²) in [5.41, 5.74) is 2.22. The number of hydrogen-bond donors (Lipinski definition) is 0. The molecule has 12 heteroatoms. The standard InChI is InChI=1S/C38H31F2N5O4S/c1-44(2)38(46)27-11-7-8-12-33(27)50-26-14-16-30(28(20-26)36-42-17-18-45(36)3)48-35-29(39)22-43-37(34(35)40)49-32-19-25(21-41)13-15-31(32)47-23-24-9-5-4-6-10-24/h4-17,19-20,22,36H,18,23H2,1-3H3. The molecule has 0 bridgehead atoms. The summed E-state index contributed by atoms with van der Waals surface area (Å²) in [6.07, 6.45) is 2.06. The second-order valence-electron chi connectivity index (χ2n) is 11.4. The molecule has 0 radical (unpaired) electrons. The summed E-state index contributed by atoms with van der Waals surface area (Å²) in [6.45, 7) is 0.748. The van der Waals surface area contributed by atoms with Gasteiger partial charge in [-0.2, -0.15) is 9.65 Å². The molecule has 0 aliphatic carbocycles. The van der Waals surface area contributed by atoms with Gasteiger partial charge >= 0.3 is 0 Å². The van der Waals surface area contributed by atoms with E-state index in [1.165, 1.54) is 28.8 Å². The minimum atomic E-state index is -1.19. The van der Waals surface area contributed by atoms with Crippen LogP contribution < -0.4 is 14.2 Å². The highest BCUT2D eigenvalue weighted by Gasteiger charge is 2.27. The molecule has 9 nitrogen and oxygen atoms in total. The Bertz CT molecular complexity index is 2110. The molecule has 6 rings (SSSR count). The molecule has 1 unspecified atom stereocenters. The Balaban J connectivity index is 1.32. The highest BCUT2D eigenvalue weighted by molar-refractivity contribution is 7.99. The molecule has 1 aliphatic heterocycles. The van der Waals surface area contributed by atoms with Crippen LogP contribution in [0.2, 0.25) is 0 Å². The number of aromatic nitrogens is 1. The van der Waals surface area contributed by atoms with E-state index in [0.717, 1.165) is 21.6 Å². The average molecular weight is 692 g/mol. The Morgan fingerprint density at radius 3 is 2.48 bits per heavy atom. The van der Waals surface area contributed by atoms with Crippen molar-refractivity contribution < 1.29 is 27.8 Å². The average Bonchev–Trinajstić information content (AvgIpc) is 3.56. The predicted molar refractivity (Wildman–Crippen MR) is 185 cm³/mol. The first-order valence-corrected chi connectivity index (χ1v) is 16.3. The van der Waals surface area contributed by atoms with Gasteiger partial charge in [-0.25, -0.2) is 9.37 Å². The Kier molecular flexibility index (Phi) is 10.4. The monoisotopic (exact) mass is 691 g/mol. The number of nitriles is 1. The zero-order valence-electron chi connectivity index (χ0n) is 27.3. The molecular weight excluding hydrogens is 661 g/mol. The molecule has 0 N–H and O–H groups in total. The third-order valence-electron chi connectivity index (χ3n) is 7.67. The number of carbonyl (C=O) groups is 1. The molecule has 252 valence electrons. The summed E-state index contributed by atoms with van der Waals surface area (Å²) >= 11 is 1.38. The van der Waals surface area contributed by atoms with Crippen molar-refractivity contribution in [1.29, 1.82) is 5.26 Å². The fourth-order valence-corrected chi connectivity index (χ4v) is 6.10. The molecule has 2 heterocycles. The van der Waals surface area contributed by atoms with Crippen LogP contribution in [0.4, 0.5) is 8.78 Å². The van der Waals surface area contributed by atoms with Crippen LogP contribution >= 0.6 is 11.8 Å². The lowest BCUT2D eigenvalue weighted by Gasteiger charge is -2.22. The van der Waals surface area contributed by atoms with Gasteiger partial charge in [-0.3, -0.25) is 14.7 Å². The minimum absolute atomic E-state index is 0.0148. The van der Waals surface area contributed by atoms with Gasteiger partial charge in [-0.05, 0) is 55.1 Å². The van der Waals surface area contributed by atoms with Crippen molar-refractivity contribution in [3.8, 4) is 34.9 Å². The smallest absolute Gasteiger partial charge is 0.260 e. The van der Waals surface area contributed by atoms with E-state index in [9.17, 15) is 10.1 Å². The molecule has 50 heavy (non-hydrogen) atoms. The predicted octanol–water partition coefficient (Wildman–Crippen LogP) is 8.26. The van der Waals surface area contributed by atoms with Crippen LogP contribution in [0.25, 0.3) is 0 Å². The van der Waals surface area contributed by atoms with Crippen LogP contribution in [0.1, 0.15) is 33.2 Å². The maximum Gasteiger partial charge on any atom is 0.260 e. The zero-order chi connectivity index (χ0) is 35.2. The second kappa shape index (κ2) is 15.2. The molecule has 5 aromatic rings. The molecular formula is C38H31F2N5O4S. The van der Waals surface area contributed by atoms with Crippen LogP contribution in [-0.2, 0) is 6.61 Å². The van der Waals surface area contributed by atoms with E-state index in [1.807, 2.05) is 66.5 Å². The second-order valence-corrected chi connectivity index (χ2v) is 12.6. The van der Waals surface area contributed by atoms with Crippen molar-refractivity contribution in [2.24, 2.45) is 4.99 Å². The molecule has 0 saturated carbocycles. The van der Waals surface area contributed by atoms with Gasteiger partial charge in [0.25, 0.3) is 11.8 Å². The first-order chi connectivity index (χ1) is 24.2. The molecule has 1 atom stereocenters. The third kappa shape index (κ3) is 7.59. The van der Waals surface area contributed by atoms with Crippen molar-refractivity contribution in [3.63, 3.8) is 0 Å². The number of amides is 1. The Morgan fingerprint density at radius 1 is 0.980 bits per heavy atom. The van der Waals surface area contributed by atoms with E-state index >= 15 is 8.78 Å². The van der Waals surface area contributed by atoms with Gasteiger partial charge in [0.05, 0.1) is 23.4 Å². The van der Waals surface area contributed by atoms with E-state index in [1.54, 1.807) is 50.6 Å². The number of ether oxygens (including phenoxy) is 3. The number of hydrogen-bond acceptors (Lipinski definition) is 9. The summed E-state index contributed by atoms with van der Waals surface area (Å²) in [6, 6.07) is 28.4. The van der Waals surface area contributed by atoms with Crippen LogP contribution in [-0.4, -0.2) is 54.6 Å². The summed E-state index contributed by atoms with van der Waals surface area (Å²) in [7, 11) is 5.26. The SMILES string of the molecule is CN(C)C(=O)c1ccccc1Sc1ccc(Oc2c(F)cnc(Oc3cc(C#N)ccc3OCc3ccccc3)c2F)c(C2N=CCN2C)c1. The number of aliphatic imine (C=N–C) groups is 1. The molecule has 1 amide bonds. The van der Waals surface area contributed by atoms with Crippen molar-refractivity contribution >= 4 is 23.9 Å². The molecule has 0 fully saturated rings. The van der Waals surface area contributed by atoms with Crippen molar-refractivity contribution in [1.82, 2.24) is 14.8 Å². The van der Waals surface area contributed by atoms with Crippen LogP contribution in [0.3, 0.4) is 0 Å². The summed E-state index contributed by atoms with van der Waals surface area (Å²) in [5, 5.41) is 9.49. The van der Waals surface area contributed by atoms with Gasteiger partial charge < -0.3 is 19.1 Å². The molecule has 1 aliphatic rings. The molecule has 1 aromatic heterocycles. The number of pyridine rings is 1. The summed E-state index contributed by atoms with van der Waals surface area (Å²) in [5.74, 6) is -3.27. The summed E-state index contributed by atoms with van der Waals surface area (Å²) in [4.78, 5) is 26.2. The molecule has 4 aromatic carbocycles. The zero-order valence-corrected chi connectivity index (χ0v) is 28.2. The Morgan fingerprint density at radius 2 is 1.74 bits per heavy atom. The van der Waals surface area contributed by atoms with Gasteiger partial charge in [0.15, 0.2) is 17.3 Å². The number of nitrogens with zero attached hydrogens (tertiary/aromatic N) is 5. The van der Waals surface area contributed by atoms with Crippen LogP contribution in [0.5, 0.6) is 28.9 Å². The largest absolute Gasteiger partial charge is 0.485 e. The third-order valence-corrected chi connectivity index (χ3v) is 8.74. The van der Waals surface area contributed by atoms with E-state index in [-0.39, 0.29) is 35.3 Å². The quantitative estimate of drug-likeness (QED) is 0.137. The highest BCUT2D eigenvalue weighted by Crippen LogP contribution is 2.42. The van der Waals surface area contributed by atoms with E-state index in [0.29, 0.717) is 17.7 Å². The van der Waals surface area contributed by atoms with Crippen molar-refractivity contribution in [3.05, 3.63) is 131 Å². The number of rotatable bonds is 11. The van der Waals surface area contributed by atoms with Crippen molar-refractivity contribution in [2.45, 2.75) is 22.6 Å². The van der Waals surface area contributed by atoms with Gasteiger partial charge in [0.2, 0.25) is 11.6 Å². The normalized spacial score (nSPS) is 13.9. The van der Waals surface area contributed by atoms with Crippen LogP contribution in [0.15, 0.2) is 112 Å². The topological polar surface area (TPSA) is 100 Å². The van der Waals surface area contributed by atoms with Crippen LogP contribution in [0, 0.1) is 23.0 Å². The van der Waals surface area contributed by atoms with E-state index < -0.39 is 29.4 Å². The lowest BCUT2D eigenvalue weighted by Crippen LogP contribution is -2.22. The van der Waals surface area contributed by atoms with Gasteiger partial charge in [0, 0.05) is 48.3 Å². The maximum atomic E-state index is 16.1. The fraction of sp³-hybridized carbons (Fsp3) is 0.158. The summed E-state index contributed by atoms with van der Waals surface area (Å²) < 4.78 is 49.0. The Hall–Kier alpha value is -5.77. The fourth-order valence-electron chi connectivity index (χ4n) is 5.12. The first kappa shape index (κ1) is 34.1. The maximum absolute atomic E-state index is 16.1.